The second-order valence-corrected chi connectivity index (χ2v) is 9.50. The van der Waals surface area contributed by atoms with Gasteiger partial charge in [-0.1, -0.05) is 36.4 Å². The third-order valence-electron chi connectivity index (χ3n) is 5.60. The van der Waals surface area contributed by atoms with E-state index in [9.17, 15) is 13.2 Å². The van der Waals surface area contributed by atoms with Crippen LogP contribution in [0.3, 0.4) is 0 Å². The zero-order valence-corrected chi connectivity index (χ0v) is 16.6. The molecule has 2 aromatic carbocycles. The van der Waals surface area contributed by atoms with Crippen molar-refractivity contribution in [2.24, 2.45) is 0 Å². The molecule has 28 heavy (non-hydrogen) atoms. The van der Waals surface area contributed by atoms with E-state index in [1.807, 2.05) is 59.5 Å². The van der Waals surface area contributed by atoms with Gasteiger partial charge in [0, 0.05) is 18.3 Å². The molecule has 2 aromatic rings. The number of hydrogen-bond acceptors (Lipinski definition) is 5. The molecule has 2 fully saturated rings. The average Bonchev–Trinajstić information content (AvgIpc) is 3.02. The number of nitrogens with zero attached hydrogens (tertiary/aromatic N) is 2. The Labute approximate surface area is 165 Å². The van der Waals surface area contributed by atoms with Gasteiger partial charge in [0.2, 0.25) is 5.91 Å². The minimum absolute atomic E-state index is 0.0173. The fourth-order valence-electron chi connectivity index (χ4n) is 4.30. The van der Waals surface area contributed by atoms with Crippen molar-refractivity contribution in [3.05, 3.63) is 60.2 Å². The highest BCUT2D eigenvalue weighted by Gasteiger charge is 2.49. The maximum absolute atomic E-state index is 13.0. The Morgan fingerprint density at radius 2 is 1.68 bits per heavy atom. The number of amides is 1. The number of rotatable bonds is 5. The molecule has 0 aromatic heterocycles. The van der Waals surface area contributed by atoms with E-state index < -0.39 is 9.84 Å². The van der Waals surface area contributed by atoms with Gasteiger partial charge in [-0.25, -0.2) is 8.42 Å². The van der Waals surface area contributed by atoms with Crippen LogP contribution >= 0.6 is 0 Å². The van der Waals surface area contributed by atoms with Crippen LogP contribution in [0.4, 0.5) is 5.69 Å². The largest absolute Gasteiger partial charge is 0.496 e. The molecule has 6 nitrogen and oxygen atoms in total. The fraction of sp³-hybridized carbons (Fsp3) is 0.381. The number of sulfone groups is 1. The van der Waals surface area contributed by atoms with Crippen molar-refractivity contribution >= 4 is 21.4 Å². The van der Waals surface area contributed by atoms with Crippen molar-refractivity contribution in [3.8, 4) is 5.75 Å². The molecule has 2 heterocycles. The van der Waals surface area contributed by atoms with Crippen LogP contribution in [0.5, 0.6) is 5.75 Å². The molecule has 1 amide bonds. The van der Waals surface area contributed by atoms with E-state index >= 15 is 0 Å². The van der Waals surface area contributed by atoms with Crippen LogP contribution in [0.1, 0.15) is 5.56 Å². The number of para-hydroxylation sites is 2. The van der Waals surface area contributed by atoms with E-state index in [4.69, 9.17) is 4.74 Å². The summed E-state index contributed by atoms with van der Waals surface area (Å²) in [6.07, 6.45) is 0.700. The van der Waals surface area contributed by atoms with Gasteiger partial charge in [-0.05, 0) is 30.2 Å². The average molecular weight is 401 g/mol. The first-order valence-corrected chi connectivity index (χ1v) is 11.2. The van der Waals surface area contributed by atoms with E-state index in [-0.39, 0.29) is 36.0 Å². The van der Waals surface area contributed by atoms with Gasteiger partial charge >= 0.3 is 0 Å². The van der Waals surface area contributed by atoms with Crippen molar-refractivity contribution in [1.82, 2.24) is 4.90 Å². The van der Waals surface area contributed by atoms with Gasteiger partial charge in [-0.3, -0.25) is 9.69 Å². The highest BCUT2D eigenvalue weighted by atomic mass is 32.2. The van der Waals surface area contributed by atoms with Crippen molar-refractivity contribution in [3.63, 3.8) is 0 Å². The highest BCUT2D eigenvalue weighted by molar-refractivity contribution is 7.91. The first-order valence-electron chi connectivity index (χ1n) is 9.42. The van der Waals surface area contributed by atoms with Gasteiger partial charge in [0.1, 0.15) is 5.75 Å². The highest BCUT2D eigenvalue weighted by Crippen LogP contribution is 2.32. The summed E-state index contributed by atoms with van der Waals surface area (Å²) in [6.45, 7) is 0.839. The minimum Gasteiger partial charge on any atom is -0.496 e. The molecule has 0 bridgehead atoms. The molecule has 2 aliphatic rings. The minimum atomic E-state index is -3.18. The Bertz CT molecular complexity index is 961. The van der Waals surface area contributed by atoms with Gasteiger partial charge < -0.3 is 9.64 Å². The number of hydrogen-bond donors (Lipinski definition) is 0. The molecule has 0 N–H and O–H groups in total. The van der Waals surface area contributed by atoms with Crippen LogP contribution in [-0.4, -0.2) is 63.0 Å². The number of piperazine rings is 1. The zero-order valence-electron chi connectivity index (χ0n) is 15.8. The third kappa shape index (κ3) is 3.64. The van der Waals surface area contributed by atoms with Crippen LogP contribution in [0.15, 0.2) is 54.6 Å². The van der Waals surface area contributed by atoms with Crippen molar-refractivity contribution in [1.29, 1.82) is 0 Å². The zero-order chi connectivity index (χ0) is 19.7. The number of carbonyl (C=O) groups excluding carboxylic acids is 1. The summed E-state index contributed by atoms with van der Waals surface area (Å²) < 4.78 is 30.2. The molecule has 7 heteroatoms. The van der Waals surface area contributed by atoms with Crippen molar-refractivity contribution < 1.29 is 17.9 Å². The number of fused-ring (bicyclic) bond motifs is 1. The Kier molecular flexibility index (Phi) is 5.12. The summed E-state index contributed by atoms with van der Waals surface area (Å²) in [6, 6.07) is 16.6. The molecular formula is C21H24N2O4S. The molecule has 2 saturated heterocycles. The molecule has 4 rings (SSSR count). The summed E-state index contributed by atoms with van der Waals surface area (Å²) in [5, 5.41) is 0. The number of methoxy groups -OCH3 is 1. The van der Waals surface area contributed by atoms with E-state index in [1.54, 1.807) is 12.0 Å². The molecule has 148 valence electrons. The predicted octanol–water partition coefficient (Wildman–Crippen LogP) is 1.75. The third-order valence-corrected chi connectivity index (χ3v) is 7.30. The van der Waals surface area contributed by atoms with Gasteiger partial charge in [0.15, 0.2) is 9.84 Å². The molecule has 0 aliphatic carbocycles. The Balaban J connectivity index is 1.58. The standard InChI is InChI=1S/C21H24N2O4S/c1-27-20-10-6-5-7-16(20)11-12-22-13-21(24)23(17-8-3-2-4-9-17)19-15-28(25,26)14-18(19)22/h2-10,18-19H,11-15H2,1H3/t18-,19+/m1/s1. The van der Waals surface area contributed by atoms with Gasteiger partial charge in [-0.15, -0.1) is 0 Å². The van der Waals surface area contributed by atoms with E-state index in [2.05, 4.69) is 0 Å². The molecule has 2 aliphatic heterocycles. The number of ether oxygens (including phenoxy) is 1. The first-order chi connectivity index (χ1) is 13.5. The second kappa shape index (κ2) is 7.56. The molecule has 0 saturated carbocycles. The Morgan fingerprint density at radius 3 is 2.43 bits per heavy atom. The van der Waals surface area contributed by atoms with Gasteiger partial charge in [-0.2, -0.15) is 0 Å². The maximum Gasteiger partial charge on any atom is 0.241 e. The molecule has 0 radical (unpaired) electrons. The van der Waals surface area contributed by atoms with E-state index in [0.717, 1.165) is 17.0 Å². The van der Waals surface area contributed by atoms with Crippen LogP contribution in [0, 0.1) is 0 Å². The quantitative estimate of drug-likeness (QED) is 0.765. The van der Waals surface area contributed by atoms with Crippen LogP contribution in [0.2, 0.25) is 0 Å². The molecule has 2 atom stereocenters. The molecule has 0 unspecified atom stereocenters. The van der Waals surface area contributed by atoms with Crippen LogP contribution < -0.4 is 9.64 Å². The number of anilines is 1. The van der Waals surface area contributed by atoms with Crippen molar-refractivity contribution in [2.75, 3.05) is 36.6 Å². The van der Waals surface area contributed by atoms with E-state index in [0.29, 0.717) is 13.0 Å². The SMILES string of the molecule is COc1ccccc1CCN1CC(=O)N(c2ccccc2)[C@H]2CS(=O)(=O)C[C@H]21. The summed E-state index contributed by atoms with van der Waals surface area (Å²) in [5.74, 6) is 0.876. The number of carbonyl (C=O) groups is 1. The van der Waals surface area contributed by atoms with Gasteiger partial charge in [0.25, 0.3) is 0 Å². The summed E-state index contributed by atoms with van der Waals surface area (Å²) >= 11 is 0. The normalized spacial score (nSPS) is 24.2. The lowest BCUT2D eigenvalue weighted by Crippen LogP contribution is -2.62. The maximum atomic E-state index is 13.0. The lowest BCUT2D eigenvalue weighted by atomic mass is 10.0. The lowest BCUT2D eigenvalue weighted by Gasteiger charge is -2.43. The topological polar surface area (TPSA) is 66.9 Å². The number of benzene rings is 2. The smallest absolute Gasteiger partial charge is 0.241 e. The fourth-order valence-corrected chi connectivity index (χ4v) is 6.28. The first kappa shape index (κ1) is 19.0. The van der Waals surface area contributed by atoms with Crippen LogP contribution in [0.25, 0.3) is 0 Å². The molecular weight excluding hydrogens is 376 g/mol. The molecule has 0 spiro atoms. The Hall–Kier alpha value is -2.38. The van der Waals surface area contributed by atoms with E-state index in [1.165, 1.54) is 0 Å². The predicted molar refractivity (Wildman–Crippen MR) is 108 cm³/mol. The van der Waals surface area contributed by atoms with Gasteiger partial charge in [0.05, 0.1) is 31.2 Å². The summed E-state index contributed by atoms with van der Waals surface area (Å²) in [7, 11) is -1.54. The Morgan fingerprint density at radius 1 is 1.00 bits per heavy atom. The second-order valence-electron chi connectivity index (χ2n) is 7.34. The monoisotopic (exact) mass is 400 g/mol. The lowest BCUT2D eigenvalue weighted by molar-refractivity contribution is -0.123. The summed E-state index contributed by atoms with van der Waals surface area (Å²) in [5.41, 5.74) is 1.82. The van der Waals surface area contributed by atoms with Crippen LogP contribution in [-0.2, 0) is 21.1 Å². The van der Waals surface area contributed by atoms with Crippen molar-refractivity contribution in [2.45, 2.75) is 18.5 Å². The summed E-state index contributed by atoms with van der Waals surface area (Å²) in [4.78, 5) is 16.7.